The largest absolute Gasteiger partial charge is 0.477 e. The average Bonchev–Trinajstić information content (AvgIpc) is 2.46. The average molecular weight is 274 g/mol. The molecule has 0 radical (unpaired) electrons. The number of nitrogens with one attached hydrogen (secondary N) is 1. The summed E-state index contributed by atoms with van der Waals surface area (Å²) >= 11 is 0. The van der Waals surface area contributed by atoms with Crippen LogP contribution in [-0.2, 0) is 0 Å². The van der Waals surface area contributed by atoms with E-state index in [2.05, 4.69) is 10.3 Å². The first kappa shape index (κ1) is 14.3. The van der Waals surface area contributed by atoms with Gasteiger partial charge in [0.1, 0.15) is 5.82 Å². The number of fused-ring (bicyclic) bond motifs is 1. The second-order valence-electron chi connectivity index (χ2n) is 4.64. The molecule has 1 heterocycles. The number of aromatic nitrogens is 1. The summed E-state index contributed by atoms with van der Waals surface area (Å²) in [5.74, 6) is -0.491. The van der Waals surface area contributed by atoms with Crippen molar-refractivity contribution >= 4 is 22.6 Å². The third-order valence-electron chi connectivity index (χ3n) is 3.27. The van der Waals surface area contributed by atoms with Crippen LogP contribution in [0.5, 0.6) is 0 Å². The highest BCUT2D eigenvalue weighted by Gasteiger charge is 2.13. The summed E-state index contributed by atoms with van der Waals surface area (Å²) in [6, 6.07) is 9.16. The van der Waals surface area contributed by atoms with E-state index in [4.69, 9.17) is 10.2 Å². The molecule has 2 rings (SSSR count). The number of aliphatic hydroxyl groups is 1. The first-order chi connectivity index (χ1) is 9.65. The molecule has 106 valence electrons. The van der Waals surface area contributed by atoms with Crippen molar-refractivity contribution < 1.29 is 15.0 Å². The molecule has 0 aliphatic carbocycles. The summed E-state index contributed by atoms with van der Waals surface area (Å²) in [5.41, 5.74) is 0.0186. The Labute approximate surface area is 117 Å². The highest BCUT2D eigenvalue weighted by Crippen LogP contribution is 2.24. The lowest BCUT2D eigenvalue weighted by Crippen LogP contribution is -2.21. The van der Waals surface area contributed by atoms with Crippen LogP contribution >= 0.6 is 0 Å². The van der Waals surface area contributed by atoms with Gasteiger partial charge < -0.3 is 15.5 Å². The standard InChI is InChI=1S/C15H18N2O3/c1-2-11(7-8-18)16-14-12-6-4-3-5-10(12)9-13(17-14)15(19)20/h3-6,9,11,18H,2,7-8H2,1H3,(H,16,17)(H,19,20). The van der Waals surface area contributed by atoms with Crippen LogP contribution in [0.3, 0.4) is 0 Å². The fraction of sp³-hybridized carbons (Fsp3) is 0.333. The lowest BCUT2D eigenvalue weighted by Gasteiger charge is -2.18. The zero-order valence-electron chi connectivity index (χ0n) is 11.3. The first-order valence-corrected chi connectivity index (χ1v) is 6.66. The van der Waals surface area contributed by atoms with E-state index in [1.54, 1.807) is 6.07 Å². The van der Waals surface area contributed by atoms with Gasteiger partial charge in [0.25, 0.3) is 0 Å². The summed E-state index contributed by atoms with van der Waals surface area (Å²) in [6.07, 6.45) is 1.43. The molecule has 1 unspecified atom stereocenters. The number of pyridine rings is 1. The van der Waals surface area contributed by atoms with Gasteiger partial charge in [-0.05, 0) is 24.3 Å². The molecule has 1 aromatic heterocycles. The molecule has 20 heavy (non-hydrogen) atoms. The minimum absolute atomic E-state index is 0.0186. The van der Waals surface area contributed by atoms with Crippen LogP contribution in [0.1, 0.15) is 30.3 Å². The van der Waals surface area contributed by atoms with Gasteiger partial charge in [0, 0.05) is 18.0 Å². The van der Waals surface area contributed by atoms with Gasteiger partial charge in [0.15, 0.2) is 5.69 Å². The van der Waals surface area contributed by atoms with Gasteiger partial charge >= 0.3 is 5.97 Å². The number of aliphatic hydroxyl groups excluding tert-OH is 1. The number of carboxylic acids is 1. The van der Waals surface area contributed by atoms with E-state index >= 15 is 0 Å². The SMILES string of the molecule is CCC(CCO)Nc1nc(C(=O)O)cc2ccccc12. The number of carboxylic acid groups (broad SMARTS) is 1. The van der Waals surface area contributed by atoms with Gasteiger partial charge in [-0.3, -0.25) is 0 Å². The molecule has 2 aromatic rings. The van der Waals surface area contributed by atoms with E-state index in [0.29, 0.717) is 12.2 Å². The third kappa shape index (κ3) is 3.05. The first-order valence-electron chi connectivity index (χ1n) is 6.66. The van der Waals surface area contributed by atoms with Crippen molar-refractivity contribution in [2.75, 3.05) is 11.9 Å². The number of anilines is 1. The molecule has 0 aliphatic heterocycles. The zero-order chi connectivity index (χ0) is 14.5. The third-order valence-corrected chi connectivity index (χ3v) is 3.27. The summed E-state index contributed by atoms with van der Waals surface area (Å²) in [7, 11) is 0. The smallest absolute Gasteiger partial charge is 0.354 e. The van der Waals surface area contributed by atoms with Crippen LogP contribution in [0, 0.1) is 0 Å². The molecular weight excluding hydrogens is 256 g/mol. The molecule has 0 saturated heterocycles. The van der Waals surface area contributed by atoms with Crippen molar-refractivity contribution in [1.29, 1.82) is 0 Å². The molecule has 0 aliphatic rings. The molecule has 0 bridgehead atoms. The Balaban J connectivity index is 2.46. The van der Waals surface area contributed by atoms with Crippen LogP contribution in [0.15, 0.2) is 30.3 Å². The summed E-state index contributed by atoms with van der Waals surface area (Å²) in [6.45, 7) is 2.10. The quantitative estimate of drug-likeness (QED) is 0.754. The van der Waals surface area contributed by atoms with Gasteiger partial charge in [0.05, 0.1) is 0 Å². The van der Waals surface area contributed by atoms with E-state index in [1.165, 1.54) is 0 Å². The monoisotopic (exact) mass is 274 g/mol. The van der Waals surface area contributed by atoms with Crippen molar-refractivity contribution in [1.82, 2.24) is 4.98 Å². The van der Waals surface area contributed by atoms with Crippen molar-refractivity contribution in [3.05, 3.63) is 36.0 Å². The highest BCUT2D eigenvalue weighted by atomic mass is 16.4. The minimum Gasteiger partial charge on any atom is -0.477 e. The molecule has 1 atom stereocenters. The van der Waals surface area contributed by atoms with E-state index in [1.807, 2.05) is 31.2 Å². The predicted molar refractivity (Wildman–Crippen MR) is 78.1 cm³/mol. The lowest BCUT2D eigenvalue weighted by atomic mass is 10.1. The summed E-state index contributed by atoms with van der Waals surface area (Å²) in [4.78, 5) is 15.3. The number of hydrogen-bond donors (Lipinski definition) is 3. The Morgan fingerprint density at radius 1 is 1.40 bits per heavy atom. The normalized spacial score (nSPS) is 12.3. The Bertz CT molecular complexity index is 613. The number of nitrogens with zero attached hydrogens (tertiary/aromatic N) is 1. The van der Waals surface area contributed by atoms with Crippen molar-refractivity contribution in [3.63, 3.8) is 0 Å². The summed E-state index contributed by atoms with van der Waals surface area (Å²) in [5, 5.41) is 23.1. The number of carbonyl (C=O) groups is 1. The van der Waals surface area contributed by atoms with Crippen molar-refractivity contribution in [2.45, 2.75) is 25.8 Å². The summed E-state index contributed by atoms with van der Waals surface area (Å²) < 4.78 is 0. The Hall–Kier alpha value is -2.14. The molecule has 0 fully saturated rings. The predicted octanol–water partition coefficient (Wildman–Crippen LogP) is 2.51. The number of aromatic carboxylic acids is 1. The molecule has 0 amide bonds. The van der Waals surface area contributed by atoms with E-state index in [0.717, 1.165) is 17.2 Å². The maximum Gasteiger partial charge on any atom is 0.354 e. The maximum absolute atomic E-state index is 11.1. The van der Waals surface area contributed by atoms with Gasteiger partial charge in [-0.25, -0.2) is 9.78 Å². The van der Waals surface area contributed by atoms with Crippen LogP contribution in [0.2, 0.25) is 0 Å². The molecule has 0 saturated carbocycles. The zero-order valence-corrected chi connectivity index (χ0v) is 11.3. The van der Waals surface area contributed by atoms with E-state index in [9.17, 15) is 4.79 Å². The molecule has 5 nitrogen and oxygen atoms in total. The van der Waals surface area contributed by atoms with E-state index in [-0.39, 0.29) is 18.3 Å². The molecule has 0 spiro atoms. The second-order valence-corrected chi connectivity index (χ2v) is 4.64. The number of rotatable bonds is 6. The van der Waals surface area contributed by atoms with Gasteiger partial charge in [-0.15, -0.1) is 0 Å². The molecule has 5 heteroatoms. The Morgan fingerprint density at radius 3 is 2.80 bits per heavy atom. The second kappa shape index (κ2) is 6.34. The van der Waals surface area contributed by atoms with Crippen LogP contribution in [0.25, 0.3) is 10.8 Å². The van der Waals surface area contributed by atoms with Crippen LogP contribution in [0.4, 0.5) is 5.82 Å². The minimum atomic E-state index is -1.05. The van der Waals surface area contributed by atoms with Crippen molar-refractivity contribution in [3.8, 4) is 0 Å². The Kier molecular flexibility index (Phi) is 4.53. The van der Waals surface area contributed by atoms with Crippen molar-refractivity contribution in [2.24, 2.45) is 0 Å². The highest BCUT2D eigenvalue weighted by molar-refractivity contribution is 5.97. The molecule has 3 N–H and O–H groups in total. The molecule has 1 aromatic carbocycles. The number of benzene rings is 1. The van der Waals surface area contributed by atoms with Gasteiger partial charge in [0.2, 0.25) is 0 Å². The van der Waals surface area contributed by atoms with Gasteiger partial charge in [-0.1, -0.05) is 31.2 Å². The van der Waals surface area contributed by atoms with Crippen LogP contribution in [-0.4, -0.2) is 33.8 Å². The topological polar surface area (TPSA) is 82.5 Å². The Morgan fingerprint density at radius 2 is 2.15 bits per heavy atom. The van der Waals surface area contributed by atoms with Crippen LogP contribution < -0.4 is 5.32 Å². The fourth-order valence-electron chi connectivity index (χ4n) is 2.15. The van der Waals surface area contributed by atoms with E-state index < -0.39 is 5.97 Å². The molecular formula is C15H18N2O3. The fourth-order valence-corrected chi connectivity index (χ4v) is 2.15. The lowest BCUT2D eigenvalue weighted by molar-refractivity contribution is 0.0691. The van der Waals surface area contributed by atoms with Gasteiger partial charge in [-0.2, -0.15) is 0 Å². The maximum atomic E-state index is 11.1. The number of hydrogen-bond acceptors (Lipinski definition) is 4.